The van der Waals surface area contributed by atoms with Crippen LogP contribution in [0, 0.1) is 5.82 Å². The Labute approximate surface area is 136 Å². The number of carbonyl (C=O) groups excluding carboxylic acids is 1. The number of rotatable bonds is 5. The second-order valence-electron chi connectivity index (χ2n) is 4.82. The smallest absolute Gasteiger partial charge is 0.259 e. The molecule has 0 saturated heterocycles. The fraction of sp³-hybridized carbons (Fsp3) is 0.188. The second-order valence-corrected chi connectivity index (χ2v) is 5.97. The molecule has 3 aromatic rings. The molecule has 2 heterocycles. The third kappa shape index (κ3) is 3.68. The van der Waals surface area contributed by atoms with Crippen molar-refractivity contribution in [2.45, 2.75) is 23.8 Å². The van der Waals surface area contributed by atoms with Crippen LogP contribution in [0.4, 0.5) is 10.1 Å². The van der Waals surface area contributed by atoms with Crippen molar-refractivity contribution in [2.24, 2.45) is 0 Å². The Morgan fingerprint density at radius 3 is 2.83 bits per heavy atom. The van der Waals surface area contributed by atoms with Gasteiger partial charge in [0.1, 0.15) is 5.82 Å². The summed E-state index contributed by atoms with van der Waals surface area (Å²) in [5, 5.41) is 2.80. The zero-order valence-corrected chi connectivity index (χ0v) is 13.1. The summed E-state index contributed by atoms with van der Waals surface area (Å²) >= 11 is 1.24. The summed E-state index contributed by atoms with van der Waals surface area (Å²) in [6.45, 7) is 1.91. The highest BCUT2D eigenvalue weighted by Gasteiger charge is 2.21. The van der Waals surface area contributed by atoms with Gasteiger partial charge in [-0.25, -0.2) is 9.37 Å². The zero-order chi connectivity index (χ0) is 16.2. The molecule has 0 unspecified atom stereocenters. The van der Waals surface area contributed by atoms with Crippen LogP contribution in [0.1, 0.15) is 13.3 Å². The lowest BCUT2D eigenvalue weighted by molar-refractivity contribution is -0.115. The van der Waals surface area contributed by atoms with Gasteiger partial charge < -0.3 is 9.73 Å². The molecule has 0 fully saturated rings. The lowest BCUT2D eigenvalue weighted by atomic mass is 10.2. The molecular formula is C16H14FN3O2S. The molecule has 1 atom stereocenters. The number of pyridine rings is 1. The van der Waals surface area contributed by atoms with Crippen LogP contribution in [0.15, 0.2) is 52.2 Å². The van der Waals surface area contributed by atoms with Crippen molar-refractivity contribution in [2.75, 3.05) is 5.32 Å². The number of aromatic nitrogens is 2. The van der Waals surface area contributed by atoms with Gasteiger partial charge in [0.25, 0.3) is 5.22 Å². The third-order valence-corrected chi connectivity index (χ3v) is 4.37. The van der Waals surface area contributed by atoms with E-state index in [4.69, 9.17) is 4.42 Å². The van der Waals surface area contributed by atoms with Gasteiger partial charge in [-0.1, -0.05) is 18.7 Å². The van der Waals surface area contributed by atoms with Crippen molar-refractivity contribution < 1.29 is 13.6 Å². The van der Waals surface area contributed by atoms with Crippen molar-refractivity contribution in [1.82, 2.24) is 9.97 Å². The average molecular weight is 331 g/mol. The van der Waals surface area contributed by atoms with Crippen LogP contribution in [-0.4, -0.2) is 21.1 Å². The maximum absolute atomic E-state index is 12.9. The Bertz CT molecular complexity index is 787. The zero-order valence-electron chi connectivity index (χ0n) is 12.3. The molecule has 118 valence electrons. The Morgan fingerprint density at radius 1 is 1.35 bits per heavy atom. The number of oxazole rings is 1. The Hall–Kier alpha value is -2.41. The Balaban J connectivity index is 1.71. The van der Waals surface area contributed by atoms with Crippen molar-refractivity contribution in [1.29, 1.82) is 0 Å². The summed E-state index contributed by atoms with van der Waals surface area (Å²) in [5.74, 6) is -0.525. The number of anilines is 1. The Kier molecular flexibility index (Phi) is 4.57. The molecule has 0 saturated carbocycles. The van der Waals surface area contributed by atoms with E-state index in [0.29, 0.717) is 28.6 Å². The van der Waals surface area contributed by atoms with E-state index < -0.39 is 0 Å². The maximum Gasteiger partial charge on any atom is 0.259 e. The van der Waals surface area contributed by atoms with E-state index in [1.165, 1.54) is 36.0 Å². The summed E-state index contributed by atoms with van der Waals surface area (Å²) in [6, 6.07) is 9.19. The normalized spacial score (nSPS) is 12.3. The summed E-state index contributed by atoms with van der Waals surface area (Å²) in [6.07, 6.45) is 2.24. The largest absolute Gasteiger partial charge is 0.430 e. The molecule has 0 aliphatic rings. The molecule has 0 spiro atoms. The molecule has 2 aromatic heterocycles. The number of nitrogens with zero attached hydrogens (tertiary/aromatic N) is 2. The van der Waals surface area contributed by atoms with E-state index in [0.717, 1.165) is 0 Å². The van der Waals surface area contributed by atoms with Crippen LogP contribution in [0.2, 0.25) is 0 Å². The second kappa shape index (κ2) is 6.78. The molecule has 1 amide bonds. The molecule has 0 radical (unpaired) electrons. The quantitative estimate of drug-likeness (QED) is 0.719. The first kappa shape index (κ1) is 15.5. The van der Waals surface area contributed by atoms with E-state index in [1.54, 1.807) is 18.3 Å². The highest BCUT2D eigenvalue weighted by atomic mass is 32.2. The summed E-state index contributed by atoms with van der Waals surface area (Å²) in [4.78, 5) is 20.7. The van der Waals surface area contributed by atoms with Gasteiger partial charge in [-0.3, -0.25) is 4.79 Å². The first-order valence-corrected chi connectivity index (χ1v) is 7.98. The van der Waals surface area contributed by atoms with Crippen LogP contribution in [-0.2, 0) is 4.79 Å². The molecule has 1 aromatic carbocycles. The number of hydrogen-bond acceptors (Lipinski definition) is 5. The van der Waals surface area contributed by atoms with Gasteiger partial charge in [0, 0.05) is 11.9 Å². The minimum atomic E-state index is -0.367. The molecule has 0 aliphatic heterocycles. The molecule has 0 bridgehead atoms. The van der Waals surface area contributed by atoms with Gasteiger partial charge in [0.15, 0.2) is 11.2 Å². The van der Waals surface area contributed by atoms with E-state index in [9.17, 15) is 9.18 Å². The lowest BCUT2D eigenvalue weighted by Gasteiger charge is -2.12. The maximum atomic E-state index is 12.9. The van der Waals surface area contributed by atoms with Crippen LogP contribution in [0.5, 0.6) is 0 Å². The highest BCUT2D eigenvalue weighted by molar-refractivity contribution is 8.00. The predicted molar refractivity (Wildman–Crippen MR) is 86.8 cm³/mol. The monoisotopic (exact) mass is 331 g/mol. The standard InChI is InChI=1S/C16H14FN3O2S/c1-2-13(15(21)19-11-7-5-10(17)6-8-11)23-16-20-14-12(22-16)4-3-9-18-14/h3-9,13H,2H2,1H3,(H,19,21)/t13-/m0/s1. The molecule has 7 heteroatoms. The fourth-order valence-corrected chi connectivity index (χ4v) is 2.85. The number of benzene rings is 1. The van der Waals surface area contributed by atoms with Crippen molar-refractivity contribution in [3.8, 4) is 0 Å². The van der Waals surface area contributed by atoms with Crippen molar-refractivity contribution in [3.63, 3.8) is 0 Å². The van der Waals surface area contributed by atoms with E-state index >= 15 is 0 Å². The Morgan fingerprint density at radius 2 is 2.13 bits per heavy atom. The number of carbonyl (C=O) groups is 1. The first-order valence-electron chi connectivity index (χ1n) is 7.10. The number of thioether (sulfide) groups is 1. The SMILES string of the molecule is CC[C@H](Sc1nc2ncccc2o1)C(=O)Nc1ccc(F)cc1. The van der Waals surface area contributed by atoms with Gasteiger partial charge >= 0.3 is 0 Å². The van der Waals surface area contributed by atoms with Crippen molar-refractivity contribution >= 4 is 34.6 Å². The van der Waals surface area contributed by atoms with Crippen LogP contribution < -0.4 is 5.32 Å². The molecule has 3 rings (SSSR count). The van der Waals surface area contributed by atoms with Gasteiger partial charge in [0.05, 0.1) is 5.25 Å². The van der Waals surface area contributed by atoms with Gasteiger partial charge in [-0.2, -0.15) is 4.98 Å². The van der Waals surface area contributed by atoms with Gasteiger partial charge in [-0.15, -0.1) is 0 Å². The molecule has 0 aliphatic carbocycles. The predicted octanol–water partition coefficient (Wildman–Crippen LogP) is 3.87. The average Bonchev–Trinajstić information content (AvgIpc) is 2.97. The molecule has 23 heavy (non-hydrogen) atoms. The number of halogens is 1. The third-order valence-electron chi connectivity index (χ3n) is 3.16. The minimum absolute atomic E-state index is 0.181. The number of nitrogens with one attached hydrogen (secondary N) is 1. The molecule has 1 N–H and O–H groups in total. The number of fused-ring (bicyclic) bond motifs is 1. The van der Waals surface area contributed by atoms with E-state index in [1.807, 2.05) is 6.92 Å². The van der Waals surface area contributed by atoms with Crippen molar-refractivity contribution in [3.05, 3.63) is 48.4 Å². The molecular weight excluding hydrogens is 317 g/mol. The number of hydrogen-bond donors (Lipinski definition) is 1. The number of amides is 1. The fourth-order valence-electron chi connectivity index (χ4n) is 2.00. The van der Waals surface area contributed by atoms with Crippen LogP contribution >= 0.6 is 11.8 Å². The van der Waals surface area contributed by atoms with Crippen LogP contribution in [0.25, 0.3) is 11.2 Å². The summed E-state index contributed by atoms with van der Waals surface area (Å²) < 4.78 is 18.5. The summed E-state index contributed by atoms with van der Waals surface area (Å²) in [7, 11) is 0. The first-order chi connectivity index (χ1) is 11.2. The minimum Gasteiger partial charge on any atom is -0.430 e. The van der Waals surface area contributed by atoms with Gasteiger partial charge in [-0.05, 0) is 42.8 Å². The van der Waals surface area contributed by atoms with Crippen LogP contribution in [0.3, 0.4) is 0 Å². The lowest BCUT2D eigenvalue weighted by Crippen LogP contribution is -2.24. The van der Waals surface area contributed by atoms with E-state index in [-0.39, 0.29) is 17.0 Å². The van der Waals surface area contributed by atoms with Gasteiger partial charge in [0.2, 0.25) is 5.91 Å². The topological polar surface area (TPSA) is 68.0 Å². The molecule has 5 nitrogen and oxygen atoms in total. The van der Waals surface area contributed by atoms with E-state index in [2.05, 4.69) is 15.3 Å². The highest BCUT2D eigenvalue weighted by Crippen LogP contribution is 2.28. The summed E-state index contributed by atoms with van der Waals surface area (Å²) in [5.41, 5.74) is 1.65.